The molecule has 0 aliphatic heterocycles. The Bertz CT molecular complexity index is 641. The fraction of sp³-hybridized carbons (Fsp3) is 0.143. The molecule has 0 bridgehead atoms. The molecule has 2 aromatic rings. The number of halogens is 1. The summed E-state index contributed by atoms with van der Waals surface area (Å²) in [6.45, 7) is 3.57. The standard InChI is InChI=1S/C14H13BrN2O2/c1-8-7-12(13(14(16)18)9(2)17-8)19-11-6-4-3-5-10(11)15/h3-7H,1-2H3,(H2,16,18). The van der Waals surface area contributed by atoms with E-state index >= 15 is 0 Å². The number of primary amides is 1. The number of para-hydroxylation sites is 1. The van der Waals surface area contributed by atoms with E-state index in [1.807, 2.05) is 25.1 Å². The Hall–Kier alpha value is -1.88. The van der Waals surface area contributed by atoms with E-state index in [9.17, 15) is 4.79 Å². The number of aryl methyl sites for hydroxylation is 2. The van der Waals surface area contributed by atoms with Gasteiger partial charge in [0, 0.05) is 11.8 Å². The third kappa shape index (κ3) is 2.93. The zero-order valence-corrected chi connectivity index (χ0v) is 12.2. The molecule has 1 heterocycles. The summed E-state index contributed by atoms with van der Waals surface area (Å²) in [4.78, 5) is 15.7. The Balaban J connectivity index is 2.51. The number of benzene rings is 1. The number of pyridine rings is 1. The van der Waals surface area contributed by atoms with Gasteiger partial charge in [-0.3, -0.25) is 9.78 Å². The number of carbonyl (C=O) groups excluding carboxylic acids is 1. The summed E-state index contributed by atoms with van der Waals surface area (Å²) >= 11 is 3.40. The highest BCUT2D eigenvalue weighted by Gasteiger charge is 2.16. The number of aromatic nitrogens is 1. The van der Waals surface area contributed by atoms with Crippen LogP contribution in [-0.2, 0) is 0 Å². The van der Waals surface area contributed by atoms with Crippen LogP contribution < -0.4 is 10.5 Å². The highest BCUT2D eigenvalue weighted by atomic mass is 79.9. The molecule has 0 fully saturated rings. The molecule has 0 aliphatic carbocycles. The van der Waals surface area contributed by atoms with E-state index in [2.05, 4.69) is 20.9 Å². The van der Waals surface area contributed by atoms with E-state index in [0.29, 0.717) is 22.8 Å². The summed E-state index contributed by atoms with van der Waals surface area (Å²) in [6.07, 6.45) is 0. The summed E-state index contributed by atoms with van der Waals surface area (Å²) in [7, 11) is 0. The summed E-state index contributed by atoms with van der Waals surface area (Å²) in [6, 6.07) is 9.10. The molecule has 0 radical (unpaired) electrons. The number of rotatable bonds is 3. The van der Waals surface area contributed by atoms with Gasteiger partial charge in [0.25, 0.3) is 5.91 Å². The Morgan fingerprint density at radius 3 is 2.58 bits per heavy atom. The fourth-order valence-electron chi connectivity index (χ4n) is 1.82. The van der Waals surface area contributed by atoms with Crippen LogP contribution in [0.2, 0.25) is 0 Å². The molecule has 4 nitrogen and oxygen atoms in total. The normalized spacial score (nSPS) is 10.3. The van der Waals surface area contributed by atoms with Crippen molar-refractivity contribution in [2.75, 3.05) is 0 Å². The van der Waals surface area contributed by atoms with Gasteiger partial charge in [-0.15, -0.1) is 0 Å². The molecule has 1 aromatic carbocycles. The summed E-state index contributed by atoms with van der Waals surface area (Å²) in [5.74, 6) is 0.492. The number of nitrogens with zero attached hydrogens (tertiary/aromatic N) is 1. The van der Waals surface area contributed by atoms with E-state index in [1.54, 1.807) is 19.1 Å². The summed E-state index contributed by atoms with van der Waals surface area (Å²) in [5.41, 5.74) is 7.03. The third-order valence-electron chi connectivity index (χ3n) is 2.60. The minimum atomic E-state index is -0.549. The van der Waals surface area contributed by atoms with Crippen LogP contribution in [0.5, 0.6) is 11.5 Å². The maximum absolute atomic E-state index is 11.5. The zero-order chi connectivity index (χ0) is 14.0. The van der Waals surface area contributed by atoms with Crippen molar-refractivity contribution in [2.24, 2.45) is 5.73 Å². The van der Waals surface area contributed by atoms with Gasteiger partial charge in [-0.05, 0) is 41.9 Å². The molecule has 19 heavy (non-hydrogen) atoms. The van der Waals surface area contributed by atoms with E-state index in [0.717, 1.165) is 10.2 Å². The van der Waals surface area contributed by atoms with Crippen LogP contribution in [0.4, 0.5) is 0 Å². The molecule has 0 unspecified atom stereocenters. The van der Waals surface area contributed by atoms with Crippen molar-refractivity contribution < 1.29 is 9.53 Å². The van der Waals surface area contributed by atoms with Crippen molar-refractivity contribution in [3.63, 3.8) is 0 Å². The molecular weight excluding hydrogens is 308 g/mol. The van der Waals surface area contributed by atoms with Gasteiger partial charge in [0.15, 0.2) is 0 Å². The lowest BCUT2D eigenvalue weighted by atomic mass is 10.1. The molecule has 2 rings (SSSR count). The molecule has 98 valence electrons. The third-order valence-corrected chi connectivity index (χ3v) is 3.25. The Kier molecular flexibility index (Phi) is 3.85. The lowest BCUT2D eigenvalue weighted by Crippen LogP contribution is -2.15. The second-order valence-electron chi connectivity index (χ2n) is 4.12. The Labute approximate surface area is 119 Å². The van der Waals surface area contributed by atoms with Crippen LogP contribution in [0.1, 0.15) is 21.7 Å². The molecule has 0 aliphatic rings. The van der Waals surface area contributed by atoms with Gasteiger partial charge in [0.2, 0.25) is 0 Å². The first-order chi connectivity index (χ1) is 8.99. The molecular formula is C14H13BrN2O2. The van der Waals surface area contributed by atoms with Crippen molar-refractivity contribution in [1.82, 2.24) is 4.98 Å². The second-order valence-corrected chi connectivity index (χ2v) is 4.97. The Morgan fingerprint density at radius 2 is 1.95 bits per heavy atom. The van der Waals surface area contributed by atoms with Crippen LogP contribution in [-0.4, -0.2) is 10.9 Å². The fourth-order valence-corrected chi connectivity index (χ4v) is 2.18. The lowest BCUT2D eigenvalue weighted by molar-refractivity contribution is 0.0997. The van der Waals surface area contributed by atoms with Gasteiger partial charge < -0.3 is 10.5 Å². The van der Waals surface area contributed by atoms with E-state index < -0.39 is 5.91 Å². The van der Waals surface area contributed by atoms with Crippen molar-refractivity contribution in [3.05, 3.63) is 51.8 Å². The van der Waals surface area contributed by atoms with Gasteiger partial charge in [-0.1, -0.05) is 12.1 Å². The first-order valence-corrected chi connectivity index (χ1v) is 6.48. The number of hydrogen-bond acceptors (Lipinski definition) is 3. The maximum Gasteiger partial charge on any atom is 0.254 e. The monoisotopic (exact) mass is 320 g/mol. The van der Waals surface area contributed by atoms with Gasteiger partial charge in [-0.2, -0.15) is 0 Å². The lowest BCUT2D eigenvalue weighted by Gasteiger charge is -2.13. The highest BCUT2D eigenvalue weighted by Crippen LogP contribution is 2.32. The largest absolute Gasteiger partial charge is 0.455 e. The minimum Gasteiger partial charge on any atom is -0.455 e. The molecule has 1 aromatic heterocycles. The average Bonchev–Trinajstić information content (AvgIpc) is 2.30. The van der Waals surface area contributed by atoms with E-state index in [-0.39, 0.29) is 0 Å². The number of carbonyl (C=O) groups is 1. The van der Waals surface area contributed by atoms with E-state index in [4.69, 9.17) is 10.5 Å². The molecule has 0 spiro atoms. The van der Waals surface area contributed by atoms with Crippen LogP contribution in [0.15, 0.2) is 34.8 Å². The quantitative estimate of drug-likeness (QED) is 0.943. The van der Waals surface area contributed by atoms with Crippen molar-refractivity contribution in [2.45, 2.75) is 13.8 Å². The van der Waals surface area contributed by atoms with Gasteiger partial charge in [-0.25, -0.2) is 0 Å². The molecule has 5 heteroatoms. The molecule has 2 N–H and O–H groups in total. The predicted molar refractivity (Wildman–Crippen MR) is 76.4 cm³/mol. The van der Waals surface area contributed by atoms with Crippen LogP contribution >= 0.6 is 15.9 Å². The number of hydrogen-bond donors (Lipinski definition) is 1. The van der Waals surface area contributed by atoms with Gasteiger partial charge in [0.05, 0.1) is 10.2 Å². The zero-order valence-electron chi connectivity index (χ0n) is 10.6. The number of ether oxygens (including phenoxy) is 1. The Morgan fingerprint density at radius 1 is 1.26 bits per heavy atom. The van der Waals surface area contributed by atoms with Crippen LogP contribution in [0.3, 0.4) is 0 Å². The SMILES string of the molecule is Cc1cc(Oc2ccccc2Br)c(C(N)=O)c(C)n1. The van der Waals surface area contributed by atoms with Gasteiger partial charge in [0.1, 0.15) is 17.1 Å². The second kappa shape index (κ2) is 5.40. The predicted octanol–water partition coefficient (Wildman–Crippen LogP) is 3.35. The van der Waals surface area contributed by atoms with Crippen LogP contribution in [0, 0.1) is 13.8 Å². The molecule has 0 saturated carbocycles. The summed E-state index contributed by atoms with van der Waals surface area (Å²) < 4.78 is 6.58. The average molecular weight is 321 g/mol. The van der Waals surface area contributed by atoms with Crippen molar-refractivity contribution in [1.29, 1.82) is 0 Å². The van der Waals surface area contributed by atoms with Crippen molar-refractivity contribution in [3.8, 4) is 11.5 Å². The van der Waals surface area contributed by atoms with E-state index in [1.165, 1.54) is 0 Å². The summed E-state index contributed by atoms with van der Waals surface area (Å²) in [5, 5.41) is 0. The smallest absolute Gasteiger partial charge is 0.254 e. The molecule has 0 atom stereocenters. The van der Waals surface area contributed by atoms with Crippen molar-refractivity contribution >= 4 is 21.8 Å². The first-order valence-electron chi connectivity index (χ1n) is 5.69. The highest BCUT2D eigenvalue weighted by molar-refractivity contribution is 9.10. The first kappa shape index (κ1) is 13.5. The molecule has 1 amide bonds. The minimum absolute atomic E-state index is 0.307. The topological polar surface area (TPSA) is 65.2 Å². The van der Waals surface area contributed by atoms with Gasteiger partial charge >= 0.3 is 0 Å². The molecule has 0 saturated heterocycles. The maximum atomic E-state index is 11.5. The van der Waals surface area contributed by atoms with Crippen LogP contribution in [0.25, 0.3) is 0 Å². The number of nitrogens with two attached hydrogens (primary N) is 1. The number of amides is 1.